The summed E-state index contributed by atoms with van der Waals surface area (Å²) < 4.78 is 0. The lowest BCUT2D eigenvalue weighted by Crippen LogP contribution is -2.51. The van der Waals surface area contributed by atoms with Crippen LogP contribution in [0.4, 0.5) is 5.69 Å². The lowest BCUT2D eigenvalue weighted by atomic mass is 10.0. The molecule has 128 valence electrons. The molecule has 5 heteroatoms. The summed E-state index contributed by atoms with van der Waals surface area (Å²) >= 11 is 1.89. The third-order valence-electron chi connectivity index (χ3n) is 4.20. The van der Waals surface area contributed by atoms with Gasteiger partial charge >= 0.3 is 0 Å². The van der Waals surface area contributed by atoms with Crippen molar-refractivity contribution >= 4 is 23.4 Å². The summed E-state index contributed by atoms with van der Waals surface area (Å²) in [5, 5.41) is 7.00. The second kappa shape index (κ2) is 9.71. The van der Waals surface area contributed by atoms with Crippen LogP contribution in [0.1, 0.15) is 24.8 Å². The molecule has 1 saturated heterocycles. The van der Waals surface area contributed by atoms with Crippen LogP contribution in [0, 0.1) is 6.92 Å². The number of anilines is 1. The van der Waals surface area contributed by atoms with Gasteiger partial charge in [0.1, 0.15) is 0 Å². The van der Waals surface area contributed by atoms with Crippen LogP contribution in [0.3, 0.4) is 0 Å². The number of guanidine groups is 1. The van der Waals surface area contributed by atoms with E-state index in [2.05, 4.69) is 58.0 Å². The summed E-state index contributed by atoms with van der Waals surface area (Å²) in [6.07, 6.45) is 5.74. The van der Waals surface area contributed by atoms with E-state index in [4.69, 9.17) is 0 Å². The molecular formula is C18H30N4S. The van der Waals surface area contributed by atoms with Crippen LogP contribution >= 0.6 is 11.8 Å². The first-order chi connectivity index (χ1) is 11.2. The van der Waals surface area contributed by atoms with Gasteiger partial charge in [0.05, 0.1) is 0 Å². The number of benzene rings is 1. The Labute approximate surface area is 145 Å². The van der Waals surface area contributed by atoms with E-state index in [9.17, 15) is 0 Å². The van der Waals surface area contributed by atoms with E-state index >= 15 is 0 Å². The predicted octanol–water partition coefficient (Wildman–Crippen LogP) is 2.88. The zero-order chi connectivity index (χ0) is 16.5. The number of aliphatic imine (C=N–C) groups is 1. The van der Waals surface area contributed by atoms with Crippen LogP contribution < -0.4 is 15.5 Å². The van der Waals surface area contributed by atoms with Gasteiger partial charge in [-0.1, -0.05) is 17.7 Å². The number of rotatable bonds is 6. The van der Waals surface area contributed by atoms with Gasteiger partial charge in [-0.05, 0) is 50.3 Å². The van der Waals surface area contributed by atoms with Crippen LogP contribution in [-0.4, -0.2) is 50.7 Å². The third kappa shape index (κ3) is 5.98. The lowest BCUT2D eigenvalue weighted by molar-refractivity contribution is 0.468. The molecule has 1 fully saturated rings. The molecular weight excluding hydrogens is 304 g/mol. The Bertz CT molecular complexity index is 486. The fourth-order valence-electron chi connectivity index (χ4n) is 2.90. The average Bonchev–Trinajstić information content (AvgIpc) is 2.58. The van der Waals surface area contributed by atoms with Gasteiger partial charge in [-0.15, -0.1) is 0 Å². The van der Waals surface area contributed by atoms with Crippen molar-refractivity contribution in [2.45, 2.75) is 32.2 Å². The van der Waals surface area contributed by atoms with Crippen LogP contribution in [0.15, 0.2) is 29.3 Å². The molecule has 0 spiro atoms. The van der Waals surface area contributed by atoms with Crippen molar-refractivity contribution in [3.63, 3.8) is 0 Å². The molecule has 0 aliphatic carbocycles. The highest BCUT2D eigenvalue weighted by Gasteiger charge is 2.20. The Kier molecular flexibility index (Phi) is 7.59. The number of hydrogen-bond donors (Lipinski definition) is 2. The van der Waals surface area contributed by atoms with Crippen molar-refractivity contribution < 1.29 is 0 Å². The first kappa shape index (κ1) is 18.0. The smallest absolute Gasteiger partial charge is 0.191 e. The molecule has 1 atom stereocenters. The van der Waals surface area contributed by atoms with Crippen LogP contribution in [0.2, 0.25) is 0 Å². The number of thioether (sulfide) groups is 1. The highest BCUT2D eigenvalue weighted by Crippen LogP contribution is 2.20. The van der Waals surface area contributed by atoms with Gasteiger partial charge in [-0.3, -0.25) is 4.99 Å². The summed E-state index contributed by atoms with van der Waals surface area (Å²) in [6, 6.07) is 9.30. The summed E-state index contributed by atoms with van der Waals surface area (Å²) in [4.78, 5) is 6.83. The van der Waals surface area contributed by atoms with Crippen LogP contribution in [-0.2, 0) is 0 Å². The van der Waals surface area contributed by atoms with Gasteiger partial charge in [0.15, 0.2) is 5.96 Å². The average molecular weight is 335 g/mol. The number of nitrogens with zero attached hydrogens (tertiary/aromatic N) is 2. The number of aryl methyl sites for hydroxylation is 1. The van der Waals surface area contributed by atoms with E-state index < -0.39 is 0 Å². The van der Waals surface area contributed by atoms with E-state index in [1.165, 1.54) is 36.3 Å². The van der Waals surface area contributed by atoms with Gasteiger partial charge in [-0.2, -0.15) is 11.8 Å². The maximum Gasteiger partial charge on any atom is 0.191 e. The molecule has 1 aromatic rings. The predicted molar refractivity (Wildman–Crippen MR) is 104 cm³/mol. The van der Waals surface area contributed by atoms with Crippen molar-refractivity contribution in [3.05, 3.63) is 29.8 Å². The monoisotopic (exact) mass is 334 g/mol. The van der Waals surface area contributed by atoms with Crippen molar-refractivity contribution in [3.8, 4) is 0 Å². The molecule has 1 aliphatic heterocycles. The standard InChI is InChI=1S/C18H30N4S/c1-15-7-9-17(10-8-15)22-12-4-6-16(14-22)21-18(19-2)20-11-5-13-23-3/h7-10,16H,4-6,11-14H2,1-3H3,(H2,19,20,21). The van der Waals surface area contributed by atoms with Crippen molar-refractivity contribution in [2.24, 2.45) is 4.99 Å². The highest BCUT2D eigenvalue weighted by atomic mass is 32.2. The quantitative estimate of drug-likeness (QED) is 0.477. The minimum Gasteiger partial charge on any atom is -0.369 e. The van der Waals surface area contributed by atoms with Gasteiger partial charge in [0.2, 0.25) is 0 Å². The Morgan fingerprint density at radius 1 is 1.35 bits per heavy atom. The summed E-state index contributed by atoms with van der Waals surface area (Å²) in [7, 11) is 1.85. The first-order valence-electron chi connectivity index (χ1n) is 8.50. The molecule has 2 N–H and O–H groups in total. The molecule has 0 saturated carbocycles. The van der Waals surface area contributed by atoms with Crippen LogP contribution in [0.5, 0.6) is 0 Å². The van der Waals surface area contributed by atoms with Gasteiger partial charge in [-0.25, -0.2) is 0 Å². The molecule has 1 aromatic carbocycles. The van der Waals surface area contributed by atoms with E-state index in [-0.39, 0.29) is 0 Å². The molecule has 0 bridgehead atoms. The summed E-state index contributed by atoms with van der Waals surface area (Å²) in [6.45, 7) is 5.29. The normalized spacial score (nSPS) is 18.8. The molecule has 0 amide bonds. The topological polar surface area (TPSA) is 39.7 Å². The van der Waals surface area contributed by atoms with Crippen LogP contribution in [0.25, 0.3) is 0 Å². The van der Waals surface area contributed by atoms with Gasteiger partial charge in [0, 0.05) is 38.4 Å². The molecule has 1 heterocycles. The number of nitrogens with one attached hydrogen (secondary N) is 2. The fourth-order valence-corrected chi connectivity index (χ4v) is 3.33. The van der Waals surface area contributed by atoms with Crippen molar-refractivity contribution in [1.29, 1.82) is 0 Å². The van der Waals surface area contributed by atoms with E-state index in [1.54, 1.807) is 0 Å². The number of piperidine rings is 1. The largest absolute Gasteiger partial charge is 0.369 e. The molecule has 1 aliphatic rings. The fraction of sp³-hybridized carbons (Fsp3) is 0.611. The van der Waals surface area contributed by atoms with E-state index in [0.29, 0.717) is 6.04 Å². The zero-order valence-electron chi connectivity index (χ0n) is 14.6. The minimum absolute atomic E-state index is 0.455. The summed E-state index contributed by atoms with van der Waals surface area (Å²) in [5.41, 5.74) is 2.64. The highest BCUT2D eigenvalue weighted by molar-refractivity contribution is 7.98. The maximum atomic E-state index is 4.36. The molecule has 0 radical (unpaired) electrons. The summed E-state index contributed by atoms with van der Waals surface area (Å²) in [5.74, 6) is 2.12. The Morgan fingerprint density at radius 3 is 2.83 bits per heavy atom. The molecule has 4 nitrogen and oxygen atoms in total. The SMILES string of the molecule is CN=C(NCCCSC)NC1CCCN(c2ccc(C)cc2)C1. The second-order valence-electron chi connectivity index (χ2n) is 6.11. The van der Waals surface area contributed by atoms with E-state index in [0.717, 1.165) is 25.6 Å². The second-order valence-corrected chi connectivity index (χ2v) is 7.10. The minimum atomic E-state index is 0.455. The molecule has 0 aromatic heterocycles. The first-order valence-corrected chi connectivity index (χ1v) is 9.90. The zero-order valence-corrected chi connectivity index (χ0v) is 15.5. The van der Waals surface area contributed by atoms with Gasteiger partial charge in [0.25, 0.3) is 0 Å². The maximum absolute atomic E-state index is 4.36. The Morgan fingerprint density at radius 2 is 2.13 bits per heavy atom. The van der Waals surface area contributed by atoms with E-state index in [1.807, 2.05) is 18.8 Å². The van der Waals surface area contributed by atoms with Crippen molar-refractivity contribution in [2.75, 3.05) is 43.6 Å². The Balaban J connectivity index is 1.84. The lowest BCUT2D eigenvalue weighted by Gasteiger charge is -2.35. The molecule has 1 unspecified atom stereocenters. The molecule has 23 heavy (non-hydrogen) atoms. The number of hydrogen-bond acceptors (Lipinski definition) is 3. The molecule has 2 rings (SSSR count). The Hall–Kier alpha value is -1.36. The third-order valence-corrected chi connectivity index (χ3v) is 4.90. The van der Waals surface area contributed by atoms with Crippen molar-refractivity contribution in [1.82, 2.24) is 10.6 Å². The van der Waals surface area contributed by atoms with Gasteiger partial charge < -0.3 is 15.5 Å².